The lowest BCUT2D eigenvalue weighted by Crippen LogP contribution is -2.53. The van der Waals surface area contributed by atoms with Gasteiger partial charge in [-0.15, -0.1) is 5.10 Å². The maximum atomic E-state index is 13.7. The fraction of sp³-hybridized carbons (Fsp3) is 0.778. The maximum Gasteiger partial charge on any atom is 0.410 e. The number of hydrogen-bond donors (Lipinski definition) is 2. The fourth-order valence-corrected chi connectivity index (χ4v) is 3.93. The summed E-state index contributed by atoms with van der Waals surface area (Å²) < 4.78 is 17.4. The number of carbonyl (C=O) groups is 4. The highest BCUT2D eigenvalue weighted by atomic mass is 16.6. The highest BCUT2D eigenvalue weighted by Gasteiger charge is 2.33. The van der Waals surface area contributed by atoms with Gasteiger partial charge in [0.1, 0.15) is 34.6 Å². The van der Waals surface area contributed by atoms with E-state index in [2.05, 4.69) is 15.6 Å². The number of hydrogen-bond acceptors (Lipinski definition) is 10. The number of rotatable bonds is 8. The lowest BCUT2D eigenvalue weighted by Gasteiger charge is -2.37. The lowest BCUT2D eigenvalue weighted by atomic mass is 10.1. The predicted molar refractivity (Wildman–Crippen MR) is 148 cm³/mol. The van der Waals surface area contributed by atoms with Crippen LogP contribution in [0.15, 0.2) is 6.20 Å². The number of ether oxygens (including phenoxy) is 3. The van der Waals surface area contributed by atoms with Gasteiger partial charge in [0.2, 0.25) is 5.91 Å². The standard InChI is InChI=1S/C27H46N6O8/c1-25(2,3)39-21(35)11-10-20(22(36)31-12-14-32(15-13-31)24(38)41-27(7,8)9)33-16-18(29-30-33)19(17-34)28-23(37)40-26(4,5)6/h16,19-20,34H,10-15,17H2,1-9H3,(H,28,37)/t19?,20-/m0/s1. The van der Waals surface area contributed by atoms with Crippen molar-refractivity contribution in [1.29, 1.82) is 0 Å². The van der Waals surface area contributed by atoms with E-state index in [1.165, 1.54) is 10.9 Å². The van der Waals surface area contributed by atoms with Gasteiger partial charge in [0.15, 0.2) is 0 Å². The Balaban J connectivity index is 2.20. The SMILES string of the molecule is CC(C)(C)OC(=O)CC[C@@H](C(=O)N1CCN(C(=O)OC(C)(C)C)CC1)n1cc(C(CO)NC(=O)OC(C)(C)C)nn1. The molecule has 41 heavy (non-hydrogen) atoms. The van der Waals surface area contributed by atoms with Crippen molar-refractivity contribution < 1.29 is 38.5 Å². The second kappa shape index (κ2) is 13.5. The van der Waals surface area contributed by atoms with E-state index in [1.54, 1.807) is 72.1 Å². The third-order valence-corrected chi connectivity index (χ3v) is 5.65. The van der Waals surface area contributed by atoms with Crippen LogP contribution in [0.4, 0.5) is 9.59 Å². The molecule has 0 aromatic carbocycles. The Morgan fingerprint density at radius 1 is 0.878 bits per heavy atom. The molecule has 1 saturated heterocycles. The highest BCUT2D eigenvalue weighted by Crippen LogP contribution is 2.22. The minimum atomic E-state index is -0.933. The van der Waals surface area contributed by atoms with E-state index in [4.69, 9.17) is 14.2 Å². The van der Waals surface area contributed by atoms with Crippen LogP contribution in [0.3, 0.4) is 0 Å². The summed E-state index contributed by atoms with van der Waals surface area (Å²) in [5, 5.41) is 20.6. The molecule has 1 aromatic heterocycles. The normalized spacial score (nSPS) is 16.0. The maximum absolute atomic E-state index is 13.7. The lowest BCUT2D eigenvalue weighted by molar-refractivity contribution is -0.155. The number of nitrogens with zero attached hydrogens (tertiary/aromatic N) is 5. The van der Waals surface area contributed by atoms with Crippen molar-refractivity contribution in [3.8, 4) is 0 Å². The molecule has 14 heteroatoms. The zero-order valence-electron chi connectivity index (χ0n) is 25.7. The van der Waals surface area contributed by atoms with Crippen molar-refractivity contribution in [3.05, 3.63) is 11.9 Å². The van der Waals surface area contributed by atoms with Crippen LogP contribution in [-0.4, -0.2) is 104 Å². The van der Waals surface area contributed by atoms with Crippen molar-refractivity contribution in [2.75, 3.05) is 32.8 Å². The number of aliphatic hydroxyl groups excluding tert-OH is 1. The summed E-state index contributed by atoms with van der Waals surface area (Å²) in [6.07, 6.45) is 0.283. The molecule has 0 bridgehead atoms. The van der Waals surface area contributed by atoms with Crippen LogP contribution in [0.2, 0.25) is 0 Å². The molecule has 1 unspecified atom stereocenters. The largest absolute Gasteiger partial charge is 0.460 e. The first-order valence-electron chi connectivity index (χ1n) is 13.8. The van der Waals surface area contributed by atoms with Gasteiger partial charge in [-0.3, -0.25) is 9.59 Å². The minimum Gasteiger partial charge on any atom is -0.460 e. The summed E-state index contributed by atoms with van der Waals surface area (Å²) in [5.41, 5.74) is -1.85. The van der Waals surface area contributed by atoms with Crippen LogP contribution < -0.4 is 5.32 Å². The first-order chi connectivity index (χ1) is 18.8. The molecule has 0 saturated carbocycles. The third kappa shape index (κ3) is 11.5. The van der Waals surface area contributed by atoms with E-state index in [0.717, 1.165) is 0 Å². The van der Waals surface area contributed by atoms with Gasteiger partial charge in [0.05, 0.1) is 12.8 Å². The van der Waals surface area contributed by atoms with Crippen LogP contribution in [0.1, 0.15) is 92.9 Å². The summed E-state index contributed by atoms with van der Waals surface area (Å²) in [5.74, 6) is -0.778. The van der Waals surface area contributed by atoms with Gasteiger partial charge in [0, 0.05) is 32.6 Å². The molecule has 0 spiro atoms. The molecular weight excluding hydrogens is 536 g/mol. The Morgan fingerprint density at radius 3 is 1.93 bits per heavy atom. The number of nitrogens with one attached hydrogen (secondary N) is 1. The molecule has 1 fully saturated rings. The van der Waals surface area contributed by atoms with E-state index in [9.17, 15) is 24.3 Å². The van der Waals surface area contributed by atoms with Gasteiger partial charge in [-0.1, -0.05) is 5.21 Å². The molecule has 3 amide bonds. The fourth-order valence-electron chi connectivity index (χ4n) is 3.93. The van der Waals surface area contributed by atoms with Crippen LogP contribution in [0.5, 0.6) is 0 Å². The molecule has 1 aromatic rings. The van der Waals surface area contributed by atoms with E-state index in [1.807, 2.05) is 0 Å². The minimum absolute atomic E-state index is 0.0552. The molecule has 14 nitrogen and oxygen atoms in total. The average Bonchev–Trinajstić information content (AvgIpc) is 3.29. The van der Waals surface area contributed by atoms with Gasteiger partial charge in [-0.25, -0.2) is 14.3 Å². The quantitative estimate of drug-likeness (QED) is 0.344. The summed E-state index contributed by atoms with van der Waals surface area (Å²) in [7, 11) is 0. The molecule has 1 aliphatic rings. The number of alkyl carbamates (subject to hydrolysis) is 1. The van der Waals surface area contributed by atoms with Gasteiger partial charge >= 0.3 is 18.2 Å². The van der Waals surface area contributed by atoms with Crippen LogP contribution in [0.25, 0.3) is 0 Å². The summed E-state index contributed by atoms with van der Waals surface area (Å²) >= 11 is 0. The van der Waals surface area contributed by atoms with Crippen molar-refractivity contribution in [2.24, 2.45) is 0 Å². The topological polar surface area (TPSA) is 165 Å². The molecule has 0 aliphatic carbocycles. The van der Waals surface area contributed by atoms with Gasteiger partial charge < -0.3 is 34.4 Å². The van der Waals surface area contributed by atoms with E-state index in [-0.39, 0.29) is 50.6 Å². The first-order valence-corrected chi connectivity index (χ1v) is 13.8. The average molecular weight is 583 g/mol. The van der Waals surface area contributed by atoms with Gasteiger partial charge in [0.25, 0.3) is 0 Å². The Labute approximate surface area is 241 Å². The predicted octanol–water partition coefficient (Wildman–Crippen LogP) is 2.58. The molecule has 0 radical (unpaired) electrons. The Bertz CT molecular complexity index is 1060. The molecular formula is C27H46N6O8. The van der Waals surface area contributed by atoms with E-state index in [0.29, 0.717) is 0 Å². The number of aromatic nitrogens is 3. The zero-order chi connectivity index (χ0) is 31.2. The molecule has 232 valence electrons. The molecule has 2 rings (SSSR count). The Kier molecular flexibility index (Phi) is 11.1. The van der Waals surface area contributed by atoms with Crippen molar-refractivity contribution >= 4 is 24.1 Å². The smallest absolute Gasteiger partial charge is 0.410 e. The third-order valence-electron chi connectivity index (χ3n) is 5.65. The van der Waals surface area contributed by atoms with Crippen molar-refractivity contribution in [1.82, 2.24) is 30.1 Å². The highest BCUT2D eigenvalue weighted by molar-refractivity contribution is 5.81. The number of piperazine rings is 1. The van der Waals surface area contributed by atoms with Crippen molar-refractivity contribution in [3.63, 3.8) is 0 Å². The Morgan fingerprint density at radius 2 is 1.41 bits per heavy atom. The molecule has 2 heterocycles. The second-order valence-corrected chi connectivity index (χ2v) is 12.9. The number of amides is 3. The molecule has 1 aliphatic heterocycles. The number of aliphatic hydroxyl groups is 1. The molecule has 2 N–H and O–H groups in total. The monoisotopic (exact) mass is 582 g/mol. The van der Waals surface area contributed by atoms with Gasteiger partial charge in [-0.2, -0.15) is 0 Å². The summed E-state index contributed by atoms with van der Waals surface area (Å²) in [6.45, 7) is 16.4. The van der Waals surface area contributed by atoms with Crippen LogP contribution >= 0.6 is 0 Å². The van der Waals surface area contributed by atoms with E-state index < -0.39 is 53.6 Å². The molecule has 2 atom stereocenters. The summed E-state index contributed by atoms with van der Waals surface area (Å²) in [6, 6.07) is -1.85. The Hall–Kier alpha value is -3.42. The van der Waals surface area contributed by atoms with Gasteiger partial charge in [-0.05, 0) is 68.7 Å². The first kappa shape index (κ1) is 33.8. The zero-order valence-corrected chi connectivity index (χ0v) is 25.7. The number of esters is 1. The van der Waals surface area contributed by atoms with Crippen LogP contribution in [-0.2, 0) is 23.8 Å². The van der Waals surface area contributed by atoms with Crippen LogP contribution in [0, 0.1) is 0 Å². The summed E-state index contributed by atoms with van der Waals surface area (Å²) in [4.78, 5) is 54.0. The second-order valence-electron chi connectivity index (χ2n) is 12.9. The van der Waals surface area contributed by atoms with Crippen molar-refractivity contribution in [2.45, 2.75) is 104 Å². The van der Waals surface area contributed by atoms with E-state index >= 15 is 0 Å². The number of carbonyl (C=O) groups excluding carboxylic acids is 4.